The van der Waals surface area contributed by atoms with Crippen LogP contribution in [-0.2, 0) is 13.2 Å². The quantitative estimate of drug-likeness (QED) is 0.559. The van der Waals surface area contributed by atoms with Gasteiger partial charge in [0.15, 0.2) is 5.96 Å². The molecule has 2 aromatic carbocycles. The van der Waals surface area contributed by atoms with Crippen LogP contribution in [0, 0.1) is 6.92 Å². The predicted molar refractivity (Wildman–Crippen MR) is 118 cm³/mol. The molecule has 0 fully saturated rings. The highest BCUT2D eigenvalue weighted by molar-refractivity contribution is 14.0. The molecule has 1 atom stereocenters. The Kier molecular flexibility index (Phi) is 6.06. The molecule has 0 bridgehead atoms. The van der Waals surface area contributed by atoms with Gasteiger partial charge in [-0.25, -0.2) is 0 Å². The molecule has 142 valence electrons. The lowest BCUT2D eigenvalue weighted by Crippen LogP contribution is -2.36. The normalized spacial score (nSPS) is 16.0. The Morgan fingerprint density at radius 3 is 2.67 bits per heavy atom. The summed E-state index contributed by atoms with van der Waals surface area (Å²) in [6.07, 6.45) is 0. The van der Waals surface area contributed by atoms with E-state index < -0.39 is 0 Å². The number of aliphatic hydroxyl groups excluding tert-OH is 1. The van der Waals surface area contributed by atoms with E-state index in [-0.39, 0.29) is 36.6 Å². The molecule has 0 spiro atoms. The van der Waals surface area contributed by atoms with Crippen molar-refractivity contribution in [3.63, 3.8) is 0 Å². The summed E-state index contributed by atoms with van der Waals surface area (Å²) < 4.78 is 5.87. The van der Waals surface area contributed by atoms with Crippen LogP contribution in [0.4, 0.5) is 0 Å². The van der Waals surface area contributed by atoms with Crippen LogP contribution < -0.4 is 5.32 Å². The first-order valence-electron chi connectivity index (χ1n) is 8.84. The third-order valence-electron chi connectivity index (χ3n) is 4.95. The van der Waals surface area contributed by atoms with E-state index in [1.54, 1.807) is 0 Å². The number of fused-ring (bicyclic) bond motifs is 1. The van der Waals surface area contributed by atoms with Crippen LogP contribution in [0.3, 0.4) is 0 Å². The third-order valence-corrected chi connectivity index (χ3v) is 4.95. The molecule has 1 unspecified atom stereocenters. The first-order valence-corrected chi connectivity index (χ1v) is 8.84. The minimum absolute atomic E-state index is 0. The number of halogens is 1. The number of rotatable bonds is 4. The lowest BCUT2D eigenvalue weighted by atomic mass is 10.1. The fraction of sp³-hybridized carbons (Fsp3) is 0.286. The second-order valence-corrected chi connectivity index (χ2v) is 6.75. The van der Waals surface area contributed by atoms with Crippen LogP contribution in [0.25, 0.3) is 11.0 Å². The molecular formula is C21H24IN3O2. The summed E-state index contributed by atoms with van der Waals surface area (Å²) in [7, 11) is 2.05. The van der Waals surface area contributed by atoms with Crippen LogP contribution >= 0.6 is 24.0 Å². The summed E-state index contributed by atoms with van der Waals surface area (Å²) in [5.74, 6) is 1.85. The molecule has 0 saturated carbocycles. The van der Waals surface area contributed by atoms with Crippen molar-refractivity contribution in [1.29, 1.82) is 0 Å². The van der Waals surface area contributed by atoms with E-state index in [9.17, 15) is 5.11 Å². The number of hydrogen-bond donors (Lipinski definition) is 2. The van der Waals surface area contributed by atoms with E-state index in [4.69, 9.17) is 4.42 Å². The molecule has 0 saturated heterocycles. The van der Waals surface area contributed by atoms with Gasteiger partial charge in [-0.05, 0) is 24.1 Å². The minimum Gasteiger partial charge on any atom is -0.461 e. The molecule has 0 radical (unpaired) electrons. The first-order chi connectivity index (χ1) is 12.7. The number of guanidine groups is 1. The van der Waals surface area contributed by atoms with Crippen molar-refractivity contribution < 1.29 is 9.52 Å². The van der Waals surface area contributed by atoms with E-state index in [1.165, 1.54) is 11.1 Å². The summed E-state index contributed by atoms with van der Waals surface area (Å²) in [6, 6.07) is 16.3. The van der Waals surface area contributed by atoms with Gasteiger partial charge >= 0.3 is 0 Å². The Bertz CT molecular complexity index is 950. The van der Waals surface area contributed by atoms with Crippen LogP contribution in [-0.4, -0.2) is 29.6 Å². The van der Waals surface area contributed by atoms with Crippen molar-refractivity contribution in [2.75, 3.05) is 13.6 Å². The van der Waals surface area contributed by atoms with Gasteiger partial charge in [-0.2, -0.15) is 0 Å². The Labute approximate surface area is 176 Å². The molecule has 6 heteroatoms. The number of hydrogen-bond acceptors (Lipinski definition) is 5. The summed E-state index contributed by atoms with van der Waals surface area (Å²) in [6.45, 7) is 3.54. The number of aryl methyl sites for hydroxylation is 1. The smallest absolute Gasteiger partial charge is 0.194 e. The van der Waals surface area contributed by atoms with Gasteiger partial charge in [0.2, 0.25) is 0 Å². The lowest BCUT2D eigenvalue weighted by Gasteiger charge is -2.21. The van der Waals surface area contributed by atoms with Crippen molar-refractivity contribution in [3.8, 4) is 0 Å². The molecule has 27 heavy (non-hydrogen) atoms. The number of nitrogens with one attached hydrogen (secondary N) is 1. The molecule has 1 aliphatic heterocycles. The van der Waals surface area contributed by atoms with Gasteiger partial charge < -0.3 is 19.7 Å². The van der Waals surface area contributed by atoms with Gasteiger partial charge in [0, 0.05) is 24.5 Å². The van der Waals surface area contributed by atoms with Crippen LogP contribution in [0.15, 0.2) is 57.9 Å². The van der Waals surface area contributed by atoms with E-state index >= 15 is 0 Å². The fourth-order valence-electron chi connectivity index (χ4n) is 3.43. The van der Waals surface area contributed by atoms with E-state index in [2.05, 4.69) is 33.4 Å². The van der Waals surface area contributed by atoms with Gasteiger partial charge in [0.1, 0.15) is 11.3 Å². The molecule has 1 aliphatic rings. The maximum Gasteiger partial charge on any atom is 0.194 e. The molecule has 1 aromatic heterocycles. The highest BCUT2D eigenvalue weighted by Gasteiger charge is 2.23. The van der Waals surface area contributed by atoms with Gasteiger partial charge in [-0.15, -0.1) is 24.0 Å². The van der Waals surface area contributed by atoms with Crippen molar-refractivity contribution in [2.45, 2.75) is 26.1 Å². The number of aliphatic imine (C=N–C) groups is 1. The lowest BCUT2D eigenvalue weighted by molar-refractivity contribution is 0.282. The standard InChI is InChI=1S/C21H23N3O2.HI/c1-14-18(17-5-3-4-6-20(17)26-14)12-24(2)21-22-11-19(23-21)16-9-7-15(13-25)8-10-16;/h3-10,19,25H,11-13H2,1-2H3,(H,22,23);1H. The van der Waals surface area contributed by atoms with Gasteiger partial charge in [-0.3, -0.25) is 4.99 Å². The number of para-hydroxylation sites is 1. The Morgan fingerprint density at radius 1 is 1.19 bits per heavy atom. The summed E-state index contributed by atoms with van der Waals surface area (Å²) >= 11 is 0. The number of aliphatic hydroxyl groups is 1. The molecule has 0 amide bonds. The summed E-state index contributed by atoms with van der Waals surface area (Å²) in [5.41, 5.74) is 4.23. The molecular weight excluding hydrogens is 453 g/mol. The Morgan fingerprint density at radius 2 is 1.93 bits per heavy atom. The van der Waals surface area contributed by atoms with Crippen LogP contribution in [0.5, 0.6) is 0 Å². The summed E-state index contributed by atoms with van der Waals surface area (Å²) in [4.78, 5) is 6.81. The van der Waals surface area contributed by atoms with Crippen LogP contribution in [0.1, 0.15) is 28.5 Å². The number of nitrogens with zero attached hydrogens (tertiary/aromatic N) is 2. The average Bonchev–Trinajstić information content (AvgIpc) is 3.27. The molecule has 3 aromatic rings. The van der Waals surface area contributed by atoms with Crippen LogP contribution in [0.2, 0.25) is 0 Å². The number of furan rings is 1. The van der Waals surface area contributed by atoms with Gasteiger partial charge in [0.05, 0.1) is 19.2 Å². The highest BCUT2D eigenvalue weighted by atomic mass is 127. The third kappa shape index (κ3) is 3.96. The van der Waals surface area contributed by atoms with Crippen molar-refractivity contribution >= 4 is 40.9 Å². The fourth-order valence-corrected chi connectivity index (χ4v) is 3.43. The second kappa shape index (κ2) is 8.31. The monoisotopic (exact) mass is 477 g/mol. The van der Waals surface area contributed by atoms with Gasteiger partial charge in [-0.1, -0.05) is 42.5 Å². The van der Waals surface area contributed by atoms with Crippen molar-refractivity contribution in [2.24, 2.45) is 4.99 Å². The number of benzene rings is 2. The largest absolute Gasteiger partial charge is 0.461 e. The molecule has 2 heterocycles. The predicted octanol–water partition coefficient (Wildman–Crippen LogP) is 3.98. The SMILES string of the molecule is Cc1oc2ccccc2c1CN(C)C1=NCC(c2ccc(CO)cc2)N1.I. The molecule has 0 aliphatic carbocycles. The highest BCUT2D eigenvalue weighted by Crippen LogP contribution is 2.27. The maximum absolute atomic E-state index is 9.18. The summed E-state index contributed by atoms with van der Waals surface area (Å²) in [5, 5.41) is 13.8. The molecule has 2 N–H and O–H groups in total. The zero-order valence-corrected chi connectivity index (χ0v) is 17.8. The van der Waals surface area contributed by atoms with E-state index in [1.807, 2.05) is 44.3 Å². The van der Waals surface area contributed by atoms with Crippen molar-refractivity contribution in [3.05, 3.63) is 71.0 Å². The average molecular weight is 477 g/mol. The Hall–Kier alpha value is -2.06. The van der Waals surface area contributed by atoms with E-state index in [0.29, 0.717) is 6.54 Å². The van der Waals surface area contributed by atoms with Gasteiger partial charge in [0.25, 0.3) is 0 Å². The molecule has 5 nitrogen and oxygen atoms in total. The minimum atomic E-state index is 0. The molecule has 4 rings (SSSR count). The Balaban J connectivity index is 0.00000210. The first kappa shape index (κ1) is 19.7. The van der Waals surface area contributed by atoms with Crippen molar-refractivity contribution in [1.82, 2.24) is 10.2 Å². The zero-order chi connectivity index (χ0) is 18.1. The zero-order valence-electron chi connectivity index (χ0n) is 15.5. The van der Waals surface area contributed by atoms with E-state index in [0.717, 1.165) is 34.8 Å². The second-order valence-electron chi connectivity index (χ2n) is 6.75. The topological polar surface area (TPSA) is 61.0 Å². The maximum atomic E-state index is 9.18.